The van der Waals surface area contributed by atoms with E-state index < -0.39 is 0 Å². The molecule has 3 rings (SSSR count). The normalized spacial score (nSPS) is 14.3. The number of nitrogens with one attached hydrogen (secondary N) is 1. The molecule has 0 bridgehead atoms. The van der Waals surface area contributed by atoms with E-state index in [2.05, 4.69) is 10.3 Å². The zero-order chi connectivity index (χ0) is 18.8. The van der Waals surface area contributed by atoms with E-state index in [4.69, 9.17) is 11.6 Å². The van der Waals surface area contributed by atoms with Crippen LogP contribution in [0.5, 0.6) is 0 Å². The number of amides is 3. The summed E-state index contributed by atoms with van der Waals surface area (Å²) in [6, 6.07) is 4.60. The van der Waals surface area contributed by atoms with Crippen molar-refractivity contribution >= 4 is 46.2 Å². The molecule has 1 aliphatic rings. The van der Waals surface area contributed by atoms with Gasteiger partial charge in [-0.3, -0.25) is 19.1 Å². The third-order valence-corrected chi connectivity index (χ3v) is 5.11. The summed E-state index contributed by atoms with van der Waals surface area (Å²) in [4.78, 5) is 42.5. The van der Waals surface area contributed by atoms with Gasteiger partial charge in [-0.05, 0) is 24.1 Å². The number of aromatic nitrogens is 2. The van der Waals surface area contributed by atoms with Crippen molar-refractivity contribution in [3.05, 3.63) is 33.6 Å². The Labute approximate surface area is 159 Å². The SMILES string of the molecule is CC(C)Cn1c(SCC(=O)N2CCNC2=O)nc2ccc(Cl)cc2c1=O. The van der Waals surface area contributed by atoms with Crippen LogP contribution in [0.25, 0.3) is 10.9 Å². The van der Waals surface area contributed by atoms with E-state index in [1.807, 2.05) is 13.8 Å². The van der Waals surface area contributed by atoms with E-state index in [0.29, 0.717) is 40.7 Å². The summed E-state index contributed by atoms with van der Waals surface area (Å²) in [5.41, 5.74) is 0.355. The zero-order valence-corrected chi connectivity index (χ0v) is 16.1. The second kappa shape index (κ2) is 7.67. The average molecular weight is 395 g/mol. The lowest BCUT2D eigenvalue weighted by Gasteiger charge is -2.16. The van der Waals surface area contributed by atoms with Gasteiger partial charge in [0.15, 0.2) is 5.16 Å². The molecule has 0 aliphatic carbocycles. The van der Waals surface area contributed by atoms with Crippen LogP contribution in [0.4, 0.5) is 4.79 Å². The smallest absolute Gasteiger partial charge is 0.324 e. The number of hydrogen-bond acceptors (Lipinski definition) is 5. The first-order valence-electron chi connectivity index (χ1n) is 8.28. The minimum absolute atomic E-state index is 0.0387. The highest BCUT2D eigenvalue weighted by Crippen LogP contribution is 2.21. The van der Waals surface area contributed by atoms with Gasteiger partial charge in [-0.25, -0.2) is 9.78 Å². The first kappa shape index (κ1) is 18.7. The fourth-order valence-corrected chi connectivity index (χ4v) is 3.78. The fraction of sp³-hybridized carbons (Fsp3) is 0.412. The molecule has 1 fully saturated rings. The van der Waals surface area contributed by atoms with E-state index in [1.165, 1.54) is 16.7 Å². The van der Waals surface area contributed by atoms with Crippen LogP contribution in [0.3, 0.4) is 0 Å². The van der Waals surface area contributed by atoms with Crippen LogP contribution in [0, 0.1) is 5.92 Å². The highest BCUT2D eigenvalue weighted by molar-refractivity contribution is 7.99. The van der Waals surface area contributed by atoms with Gasteiger partial charge in [0.1, 0.15) is 0 Å². The van der Waals surface area contributed by atoms with Gasteiger partial charge in [-0.1, -0.05) is 37.2 Å². The van der Waals surface area contributed by atoms with Crippen LogP contribution in [0.2, 0.25) is 5.02 Å². The Morgan fingerprint density at radius 3 is 2.81 bits per heavy atom. The Balaban J connectivity index is 1.93. The number of carbonyl (C=O) groups excluding carboxylic acids is 2. The Hall–Kier alpha value is -2.06. The average Bonchev–Trinajstić information content (AvgIpc) is 3.02. The molecule has 1 aromatic heterocycles. The van der Waals surface area contributed by atoms with Crippen molar-refractivity contribution in [3.8, 4) is 0 Å². The van der Waals surface area contributed by atoms with E-state index in [0.717, 1.165) is 0 Å². The number of halogens is 1. The Morgan fingerprint density at radius 1 is 1.38 bits per heavy atom. The van der Waals surface area contributed by atoms with Gasteiger partial charge in [0, 0.05) is 24.7 Å². The molecule has 1 N–H and O–H groups in total. The van der Waals surface area contributed by atoms with Crippen LogP contribution >= 0.6 is 23.4 Å². The molecule has 0 spiro atoms. The van der Waals surface area contributed by atoms with Gasteiger partial charge in [0.05, 0.1) is 16.7 Å². The van der Waals surface area contributed by atoms with E-state index in [-0.39, 0.29) is 29.2 Å². The summed E-state index contributed by atoms with van der Waals surface area (Å²) < 4.78 is 1.57. The van der Waals surface area contributed by atoms with E-state index in [9.17, 15) is 14.4 Å². The van der Waals surface area contributed by atoms with Crippen LogP contribution in [0.1, 0.15) is 13.8 Å². The molecule has 2 aromatic rings. The minimum Gasteiger partial charge on any atom is -0.336 e. The van der Waals surface area contributed by atoms with Crippen molar-refractivity contribution in [2.45, 2.75) is 25.5 Å². The molecule has 0 unspecified atom stereocenters. The standard InChI is InChI=1S/C17H19ClN4O3S/c1-10(2)8-22-15(24)12-7-11(18)3-4-13(12)20-17(22)26-9-14(23)21-6-5-19-16(21)25/h3-4,7,10H,5-6,8-9H2,1-2H3,(H,19,25). The quantitative estimate of drug-likeness (QED) is 0.621. The van der Waals surface area contributed by atoms with Gasteiger partial charge in [-0.15, -0.1) is 0 Å². The van der Waals surface area contributed by atoms with E-state index >= 15 is 0 Å². The topological polar surface area (TPSA) is 84.3 Å². The Kier molecular flexibility index (Phi) is 5.52. The maximum Gasteiger partial charge on any atom is 0.324 e. The minimum atomic E-state index is -0.378. The zero-order valence-electron chi connectivity index (χ0n) is 14.5. The lowest BCUT2D eigenvalue weighted by Crippen LogP contribution is -2.35. The first-order valence-corrected chi connectivity index (χ1v) is 9.64. The number of fused-ring (bicyclic) bond motifs is 1. The first-order chi connectivity index (χ1) is 12.4. The second-order valence-electron chi connectivity index (χ2n) is 6.43. The second-order valence-corrected chi connectivity index (χ2v) is 7.81. The largest absolute Gasteiger partial charge is 0.336 e. The number of benzene rings is 1. The summed E-state index contributed by atoms with van der Waals surface area (Å²) in [5.74, 6) is -0.0334. The molecule has 9 heteroatoms. The lowest BCUT2D eigenvalue weighted by atomic mass is 10.2. The molecule has 0 saturated carbocycles. The van der Waals surface area contributed by atoms with E-state index in [1.54, 1.807) is 22.8 Å². The van der Waals surface area contributed by atoms with Gasteiger partial charge < -0.3 is 5.32 Å². The molecular formula is C17H19ClN4O3S. The molecule has 7 nitrogen and oxygen atoms in total. The number of hydrogen-bond donors (Lipinski definition) is 1. The molecule has 26 heavy (non-hydrogen) atoms. The maximum atomic E-state index is 12.9. The Morgan fingerprint density at radius 2 is 2.15 bits per heavy atom. The van der Waals surface area contributed by atoms with Crippen molar-refractivity contribution in [2.75, 3.05) is 18.8 Å². The third kappa shape index (κ3) is 3.86. The molecular weight excluding hydrogens is 376 g/mol. The summed E-state index contributed by atoms with van der Waals surface area (Å²) in [7, 11) is 0. The van der Waals surface area contributed by atoms with Crippen molar-refractivity contribution in [2.24, 2.45) is 5.92 Å². The Bertz CT molecular complexity index is 928. The molecule has 1 aromatic carbocycles. The van der Waals surface area contributed by atoms with Crippen LogP contribution in [-0.4, -0.2) is 45.2 Å². The molecule has 3 amide bonds. The third-order valence-electron chi connectivity index (χ3n) is 3.91. The predicted molar refractivity (Wildman–Crippen MR) is 102 cm³/mol. The highest BCUT2D eigenvalue weighted by atomic mass is 35.5. The van der Waals surface area contributed by atoms with Crippen molar-refractivity contribution < 1.29 is 9.59 Å². The highest BCUT2D eigenvalue weighted by Gasteiger charge is 2.26. The number of rotatable bonds is 5. The fourth-order valence-electron chi connectivity index (χ4n) is 2.72. The summed E-state index contributed by atoms with van der Waals surface area (Å²) in [5, 5.41) is 3.99. The van der Waals surface area contributed by atoms with Crippen molar-refractivity contribution in [1.29, 1.82) is 0 Å². The van der Waals surface area contributed by atoms with Crippen LogP contribution in [-0.2, 0) is 11.3 Å². The molecule has 138 valence electrons. The summed E-state index contributed by atoms with van der Waals surface area (Å²) in [6.07, 6.45) is 0. The number of carbonyl (C=O) groups is 2. The van der Waals surface area contributed by atoms with Crippen molar-refractivity contribution in [1.82, 2.24) is 19.8 Å². The summed E-state index contributed by atoms with van der Waals surface area (Å²) >= 11 is 7.18. The monoisotopic (exact) mass is 394 g/mol. The molecule has 1 saturated heterocycles. The molecule has 1 aliphatic heterocycles. The number of nitrogens with zero attached hydrogens (tertiary/aromatic N) is 3. The molecule has 0 atom stereocenters. The molecule has 0 radical (unpaired) electrons. The van der Waals surface area contributed by atoms with Gasteiger partial charge in [0.25, 0.3) is 5.56 Å². The summed E-state index contributed by atoms with van der Waals surface area (Å²) in [6.45, 7) is 5.31. The van der Waals surface area contributed by atoms with Crippen LogP contribution in [0.15, 0.2) is 28.2 Å². The lowest BCUT2D eigenvalue weighted by molar-refractivity contribution is -0.124. The predicted octanol–water partition coefficient (Wildman–Crippen LogP) is 2.35. The van der Waals surface area contributed by atoms with Gasteiger partial charge in [-0.2, -0.15) is 0 Å². The van der Waals surface area contributed by atoms with Gasteiger partial charge in [0.2, 0.25) is 5.91 Å². The number of urea groups is 1. The number of thioether (sulfide) groups is 1. The molecule has 2 heterocycles. The van der Waals surface area contributed by atoms with Crippen LogP contribution < -0.4 is 10.9 Å². The van der Waals surface area contributed by atoms with Gasteiger partial charge >= 0.3 is 6.03 Å². The maximum absolute atomic E-state index is 12.9. The number of imide groups is 1. The van der Waals surface area contributed by atoms with Crippen molar-refractivity contribution in [3.63, 3.8) is 0 Å².